The van der Waals surface area contributed by atoms with Crippen molar-refractivity contribution in [3.8, 4) is 22.3 Å². The zero-order chi connectivity index (χ0) is 15.8. The molecule has 0 unspecified atom stereocenters. The lowest BCUT2D eigenvalue weighted by molar-refractivity contribution is 0.00819. The van der Waals surface area contributed by atoms with Crippen LogP contribution in [-0.4, -0.2) is 6.68 Å². The molecule has 0 bridgehead atoms. The van der Waals surface area contributed by atoms with Crippen molar-refractivity contribution in [2.45, 2.75) is 6.68 Å². The zero-order valence-electron chi connectivity index (χ0n) is 12.3. The van der Waals surface area contributed by atoms with E-state index in [2.05, 4.69) is 84.9 Å². The summed E-state index contributed by atoms with van der Waals surface area (Å²) >= 11 is 0. The number of hydrogen-bond acceptors (Lipinski definition) is 0. The molecule has 0 aliphatic carbocycles. The normalized spacial score (nSPS) is 9.57. The van der Waals surface area contributed by atoms with Crippen molar-refractivity contribution in [3.63, 3.8) is 0 Å². The third-order valence-corrected chi connectivity index (χ3v) is 3.10. The van der Waals surface area contributed by atoms with Crippen LogP contribution in [0.25, 0.3) is 22.3 Å². The molecule has 0 nitrogen and oxygen atoms in total. The van der Waals surface area contributed by atoms with E-state index in [0.29, 0.717) is 0 Å². The number of benzene rings is 3. The average Bonchev–Trinajstić information content (AvgIpc) is 2.56. The minimum absolute atomic E-state index is 0. The quantitative estimate of drug-likeness (QED) is 0.515. The summed E-state index contributed by atoms with van der Waals surface area (Å²) in [7, 11) is 0. The van der Waals surface area contributed by atoms with Gasteiger partial charge in [0, 0.05) is 0 Å². The Labute approximate surface area is 141 Å². The lowest BCUT2D eigenvalue weighted by Crippen LogP contribution is -1.83. The van der Waals surface area contributed by atoms with Gasteiger partial charge in [-0.25, -0.2) is 0 Å². The van der Waals surface area contributed by atoms with Crippen molar-refractivity contribution < 1.29 is 13.2 Å². The summed E-state index contributed by atoms with van der Waals surface area (Å²) in [5, 5.41) is 0. The first kappa shape index (κ1) is 18.8. The van der Waals surface area contributed by atoms with Gasteiger partial charge in [0.2, 0.25) is 0 Å². The van der Waals surface area contributed by atoms with E-state index in [-0.39, 0.29) is 13.5 Å². The van der Waals surface area contributed by atoms with Crippen LogP contribution in [0, 0.1) is 0 Å². The second-order valence-electron chi connectivity index (χ2n) is 4.53. The summed E-state index contributed by atoms with van der Waals surface area (Å²) in [4.78, 5) is 0. The van der Waals surface area contributed by atoms with E-state index in [1.807, 2.05) is 0 Å². The van der Waals surface area contributed by atoms with E-state index in [9.17, 15) is 13.2 Å². The highest BCUT2D eigenvalue weighted by molar-refractivity contribution is 7.59. The van der Waals surface area contributed by atoms with Crippen molar-refractivity contribution in [2.24, 2.45) is 0 Å². The lowest BCUT2D eigenvalue weighted by Gasteiger charge is -2.09. The molecule has 120 valence electrons. The molecule has 3 aromatic carbocycles. The van der Waals surface area contributed by atoms with E-state index < -0.39 is 6.68 Å². The second-order valence-corrected chi connectivity index (χ2v) is 4.53. The van der Waals surface area contributed by atoms with Crippen molar-refractivity contribution in [1.29, 1.82) is 0 Å². The average molecular weight is 334 g/mol. The van der Waals surface area contributed by atoms with E-state index in [0.717, 1.165) is 0 Å². The smallest absolute Gasteiger partial charge is 0.197 e. The van der Waals surface area contributed by atoms with Crippen LogP contribution in [0.2, 0.25) is 0 Å². The van der Waals surface area contributed by atoms with E-state index in [1.165, 1.54) is 22.3 Å². The molecule has 23 heavy (non-hydrogen) atoms. The highest BCUT2D eigenvalue weighted by Crippen LogP contribution is 2.31. The molecule has 0 atom stereocenters. The van der Waals surface area contributed by atoms with Crippen molar-refractivity contribution in [1.82, 2.24) is 0 Å². The van der Waals surface area contributed by atoms with Gasteiger partial charge in [0.15, 0.2) is 0 Å². The monoisotopic (exact) mass is 334 g/mol. The fourth-order valence-electron chi connectivity index (χ4n) is 2.22. The third kappa shape index (κ3) is 5.83. The molecule has 0 saturated carbocycles. The molecule has 0 amide bonds. The number of halogens is 3. The molecule has 4 heteroatoms. The Balaban J connectivity index is 0.000000478. The molecular weight excluding hydrogens is 317 g/mol. The molecule has 0 saturated heterocycles. The van der Waals surface area contributed by atoms with Gasteiger partial charge < -0.3 is 0 Å². The maximum absolute atomic E-state index is 9.67. The number of rotatable bonds is 2. The van der Waals surface area contributed by atoms with Gasteiger partial charge in [-0.15, -0.1) is 0 Å². The Morgan fingerprint density at radius 3 is 1.04 bits per heavy atom. The Hall–Kier alpha value is -2.20. The van der Waals surface area contributed by atoms with Gasteiger partial charge in [0.05, 0.1) is 0 Å². The fourth-order valence-corrected chi connectivity index (χ4v) is 2.22. The molecule has 0 aromatic heterocycles. The van der Waals surface area contributed by atoms with Crippen molar-refractivity contribution >= 4 is 13.5 Å². The highest BCUT2D eigenvalue weighted by atomic mass is 32.1. The van der Waals surface area contributed by atoms with Gasteiger partial charge in [-0.3, -0.25) is 0 Å². The molecule has 0 aliphatic rings. The molecule has 0 spiro atoms. The largest absolute Gasteiger partial charge is 0.379 e. The van der Waals surface area contributed by atoms with Crippen LogP contribution in [-0.2, 0) is 0 Å². The van der Waals surface area contributed by atoms with Gasteiger partial charge >= 0.3 is 6.68 Å². The Kier molecular flexibility index (Phi) is 7.98. The third-order valence-electron chi connectivity index (χ3n) is 3.10. The maximum Gasteiger partial charge on any atom is 0.379 e. The summed E-state index contributed by atoms with van der Waals surface area (Å²) < 4.78 is 29.0. The van der Waals surface area contributed by atoms with Crippen LogP contribution < -0.4 is 0 Å². The zero-order valence-corrected chi connectivity index (χ0v) is 13.3. The standard InChI is InChI=1S/C18H14.CHF3.H2S/c1-3-9-15(10-4-1)17-13-7-8-14-18(17)16-11-5-2-6-12-16;2-1(3)4;/h1-14H;1H;1H2. The summed E-state index contributed by atoms with van der Waals surface area (Å²) in [5.74, 6) is 0. The first-order valence-corrected chi connectivity index (χ1v) is 6.80. The summed E-state index contributed by atoms with van der Waals surface area (Å²) in [6.07, 6.45) is 0. The molecular formula is C19H17F3S. The molecule has 3 aromatic rings. The Morgan fingerprint density at radius 2 is 0.739 bits per heavy atom. The summed E-state index contributed by atoms with van der Waals surface area (Å²) in [5.41, 5.74) is 5.09. The predicted molar refractivity (Wildman–Crippen MR) is 94.8 cm³/mol. The van der Waals surface area contributed by atoms with Crippen LogP contribution in [0.3, 0.4) is 0 Å². The van der Waals surface area contributed by atoms with E-state index in [1.54, 1.807) is 0 Å². The van der Waals surface area contributed by atoms with Crippen LogP contribution in [0.15, 0.2) is 84.9 Å². The molecule has 0 heterocycles. The van der Waals surface area contributed by atoms with Gasteiger partial charge in [-0.2, -0.15) is 26.7 Å². The molecule has 3 rings (SSSR count). The lowest BCUT2D eigenvalue weighted by atomic mass is 9.95. The van der Waals surface area contributed by atoms with Crippen LogP contribution in [0.1, 0.15) is 0 Å². The minimum atomic E-state index is -3.67. The predicted octanol–water partition coefficient (Wildman–Crippen LogP) is 6.31. The summed E-state index contributed by atoms with van der Waals surface area (Å²) in [6.45, 7) is -3.67. The first-order valence-electron chi connectivity index (χ1n) is 6.80. The fraction of sp³-hybridized carbons (Fsp3) is 0.0526. The highest BCUT2D eigenvalue weighted by Gasteiger charge is 2.05. The van der Waals surface area contributed by atoms with Crippen LogP contribution >= 0.6 is 13.5 Å². The van der Waals surface area contributed by atoms with Crippen molar-refractivity contribution in [2.75, 3.05) is 0 Å². The second kappa shape index (κ2) is 9.74. The van der Waals surface area contributed by atoms with Crippen LogP contribution in [0.4, 0.5) is 13.2 Å². The molecule has 0 N–H and O–H groups in total. The Bertz CT molecular complexity index is 624. The van der Waals surface area contributed by atoms with Crippen LogP contribution in [0.5, 0.6) is 0 Å². The van der Waals surface area contributed by atoms with Gasteiger partial charge in [-0.05, 0) is 22.3 Å². The molecule has 0 fully saturated rings. The Morgan fingerprint density at radius 1 is 0.478 bits per heavy atom. The SMILES string of the molecule is FC(F)F.S.c1ccc(-c2ccccc2-c2ccccc2)cc1. The summed E-state index contributed by atoms with van der Waals surface area (Å²) in [6, 6.07) is 29.6. The van der Waals surface area contributed by atoms with E-state index >= 15 is 0 Å². The molecule has 0 radical (unpaired) electrons. The van der Waals surface area contributed by atoms with Gasteiger partial charge in [-0.1, -0.05) is 84.9 Å². The van der Waals surface area contributed by atoms with Gasteiger partial charge in [0.1, 0.15) is 0 Å². The van der Waals surface area contributed by atoms with E-state index in [4.69, 9.17) is 0 Å². The maximum atomic E-state index is 9.67. The van der Waals surface area contributed by atoms with Crippen molar-refractivity contribution in [3.05, 3.63) is 84.9 Å². The topological polar surface area (TPSA) is 0 Å². The molecule has 0 aliphatic heterocycles. The number of hydrogen-bond donors (Lipinski definition) is 0. The number of alkyl halides is 3. The first-order chi connectivity index (χ1) is 10.7. The minimum Gasteiger partial charge on any atom is -0.197 e. The van der Waals surface area contributed by atoms with Gasteiger partial charge in [0.25, 0.3) is 0 Å².